The second-order valence-electron chi connectivity index (χ2n) is 5.03. The van der Waals surface area contributed by atoms with Crippen molar-refractivity contribution in [2.24, 2.45) is 23.7 Å². The van der Waals surface area contributed by atoms with Crippen LogP contribution in [0.1, 0.15) is 45.4 Å². The number of hydrogen-bond acceptors (Lipinski definition) is 1. The Labute approximate surface area is 81.5 Å². The number of hydrogen-bond donors (Lipinski definition) is 1. The van der Waals surface area contributed by atoms with E-state index in [-0.39, 0.29) is 0 Å². The van der Waals surface area contributed by atoms with Gasteiger partial charge in [0.25, 0.3) is 0 Å². The summed E-state index contributed by atoms with van der Waals surface area (Å²) < 4.78 is 0. The van der Waals surface area contributed by atoms with Gasteiger partial charge in [0.05, 0.1) is 0 Å². The molecule has 13 heavy (non-hydrogen) atoms. The van der Waals surface area contributed by atoms with E-state index in [1.807, 2.05) is 0 Å². The van der Waals surface area contributed by atoms with Crippen molar-refractivity contribution in [1.82, 2.24) is 0 Å². The van der Waals surface area contributed by atoms with E-state index >= 15 is 0 Å². The van der Waals surface area contributed by atoms with Gasteiger partial charge in [-0.25, -0.2) is 0 Å². The molecule has 2 aliphatic carbocycles. The van der Waals surface area contributed by atoms with Gasteiger partial charge in [-0.3, -0.25) is 0 Å². The lowest BCUT2D eigenvalue weighted by atomic mass is 9.77. The monoisotopic (exact) mass is 182 g/mol. The molecule has 1 nitrogen and oxygen atoms in total. The Morgan fingerprint density at radius 3 is 2.54 bits per heavy atom. The normalized spacial score (nSPS) is 42.9. The summed E-state index contributed by atoms with van der Waals surface area (Å²) in [5.41, 5.74) is 0. The predicted octanol–water partition coefficient (Wildman–Crippen LogP) is 2.83. The molecule has 0 aromatic heterocycles. The van der Waals surface area contributed by atoms with Gasteiger partial charge in [-0.1, -0.05) is 13.3 Å². The molecule has 0 aromatic carbocycles. The molecule has 0 spiro atoms. The molecule has 2 saturated carbocycles. The van der Waals surface area contributed by atoms with Crippen LogP contribution < -0.4 is 0 Å². The maximum absolute atomic E-state index is 8.82. The Kier molecular flexibility index (Phi) is 2.92. The van der Waals surface area contributed by atoms with Crippen molar-refractivity contribution >= 4 is 0 Å². The van der Waals surface area contributed by atoms with Gasteiger partial charge < -0.3 is 5.11 Å². The summed E-state index contributed by atoms with van der Waals surface area (Å²) in [5, 5.41) is 8.82. The fourth-order valence-electron chi connectivity index (χ4n) is 3.80. The van der Waals surface area contributed by atoms with E-state index in [1.165, 1.54) is 32.1 Å². The summed E-state index contributed by atoms with van der Waals surface area (Å²) in [6.07, 6.45) is 8.20. The fraction of sp³-hybridized carbons (Fsp3) is 1.00. The Morgan fingerprint density at radius 2 is 1.92 bits per heavy atom. The molecule has 76 valence electrons. The lowest BCUT2D eigenvalue weighted by Gasteiger charge is -2.28. The van der Waals surface area contributed by atoms with Crippen molar-refractivity contribution in [3.63, 3.8) is 0 Å². The summed E-state index contributed by atoms with van der Waals surface area (Å²) >= 11 is 0. The maximum atomic E-state index is 8.82. The molecule has 2 aliphatic rings. The third-order valence-electron chi connectivity index (χ3n) is 4.35. The largest absolute Gasteiger partial charge is 0.396 e. The highest BCUT2D eigenvalue weighted by molar-refractivity contribution is 4.94. The van der Waals surface area contributed by atoms with Gasteiger partial charge in [-0.2, -0.15) is 0 Å². The van der Waals surface area contributed by atoms with Crippen molar-refractivity contribution < 1.29 is 5.11 Å². The van der Waals surface area contributed by atoms with Crippen LogP contribution >= 0.6 is 0 Å². The minimum absolute atomic E-state index is 0.394. The third-order valence-corrected chi connectivity index (χ3v) is 4.35. The zero-order chi connectivity index (χ0) is 9.26. The van der Waals surface area contributed by atoms with Gasteiger partial charge in [0.2, 0.25) is 0 Å². The summed E-state index contributed by atoms with van der Waals surface area (Å²) in [6, 6.07) is 0. The number of fused-ring (bicyclic) bond motifs is 2. The molecular weight excluding hydrogens is 160 g/mol. The van der Waals surface area contributed by atoms with Gasteiger partial charge in [0, 0.05) is 6.61 Å². The van der Waals surface area contributed by atoms with Crippen LogP contribution in [-0.2, 0) is 0 Å². The Bertz CT molecular complexity index is 167. The zero-order valence-electron chi connectivity index (χ0n) is 8.71. The van der Waals surface area contributed by atoms with Gasteiger partial charge >= 0.3 is 0 Å². The van der Waals surface area contributed by atoms with E-state index in [2.05, 4.69) is 6.92 Å². The Balaban J connectivity index is 1.86. The van der Waals surface area contributed by atoms with Crippen molar-refractivity contribution in [3.8, 4) is 0 Å². The zero-order valence-corrected chi connectivity index (χ0v) is 8.71. The van der Waals surface area contributed by atoms with Crippen LogP contribution in [0.15, 0.2) is 0 Å². The second kappa shape index (κ2) is 4.00. The molecule has 4 unspecified atom stereocenters. The molecule has 1 heteroatoms. The summed E-state index contributed by atoms with van der Waals surface area (Å²) in [5.74, 6) is 4.08. The molecule has 0 amide bonds. The van der Waals surface area contributed by atoms with Crippen molar-refractivity contribution in [3.05, 3.63) is 0 Å². The van der Waals surface area contributed by atoms with E-state index in [0.29, 0.717) is 6.61 Å². The lowest BCUT2D eigenvalue weighted by Crippen LogP contribution is -2.19. The lowest BCUT2D eigenvalue weighted by molar-refractivity contribution is 0.199. The molecule has 2 bridgehead atoms. The van der Waals surface area contributed by atoms with E-state index in [1.54, 1.807) is 0 Å². The van der Waals surface area contributed by atoms with Crippen molar-refractivity contribution in [2.45, 2.75) is 45.4 Å². The van der Waals surface area contributed by atoms with Crippen molar-refractivity contribution in [2.75, 3.05) is 6.61 Å². The van der Waals surface area contributed by atoms with Gasteiger partial charge in [-0.05, 0) is 55.8 Å². The average molecular weight is 182 g/mol. The number of rotatable bonds is 4. The molecule has 2 rings (SSSR count). The topological polar surface area (TPSA) is 20.2 Å². The molecule has 4 atom stereocenters. The molecule has 0 aliphatic heterocycles. The molecule has 0 saturated heterocycles. The van der Waals surface area contributed by atoms with Crippen LogP contribution in [-0.4, -0.2) is 11.7 Å². The molecular formula is C12H22O. The maximum Gasteiger partial charge on any atom is 0.0431 e. The van der Waals surface area contributed by atoms with Crippen LogP contribution in [0.2, 0.25) is 0 Å². The van der Waals surface area contributed by atoms with Gasteiger partial charge in [0.15, 0.2) is 0 Å². The summed E-state index contributed by atoms with van der Waals surface area (Å²) in [4.78, 5) is 0. The predicted molar refractivity (Wildman–Crippen MR) is 54.4 cm³/mol. The third kappa shape index (κ3) is 1.76. The summed E-state index contributed by atoms with van der Waals surface area (Å²) in [7, 11) is 0. The highest BCUT2D eigenvalue weighted by Gasteiger charge is 2.44. The van der Waals surface area contributed by atoms with Gasteiger partial charge in [-0.15, -0.1) is 0 Å². The first-order valence-electron chi connectivity index (χ1n) is 5.96. The SMILES string of the molecule is CCC1CC2CC(CCCO)C1C2. The van der Waals surface area contributed by atoms with Crippen LogP contribution in [0.5, 0.6) is 0 Å². The van der Waals surface area contributed by atoms with Crippen LogP contribution in [0.4, 0.5) is 0 Å². The van der Waals surface area contributed by atoms with Crippen LogP contribution in [0.3, 0.4) is 0 Å². The van der Waals surface area contributed by atoms with Crippen LogP contribution in [0.25, 0.3) is 0 Å². The first kappa shape index (κ1) is 9.51. The van der Waals surface area contributed by atoms with Gasteiger partial charge in [0.1, 0.15) is 0 Å². The van der Waals surface area contributed by atoms with E-state index < -0.39 is 0 Å². The number of aliphatic hydroxyl groups excluding tert-OH is 1. The Hall–Kier alpha value is -0.0400. The standard InChI is InChI=1S/C12H22O/c1-2-10-6-9-7-11(4-3-5-13)12(10)8-9/h9-13H,2-8H2,1H3. The number of aliphatic hydroxyl groups is 1. The first-order valence-corrected chi connectivity index (χ1v) is 5.96. The van der Waals surface area contributed by atoms with Crippen molar-refractivity contribution in [1.29, 1.82) is 0 Å². The minimum Gasteiger partial charge on any atom is -0.396 e. The van der Waals surface area contributed by atoms with E-state index in [9.17, 15) is 0 Å². The molecule has 0 aromatic rings. The summed E-state index contributed by atoms with van der Waals surface area (Å²) in [6.45, 7) is 2.74. The molecule has 0 radical (unpaired) electrons. The smallest absolute Gasteiger partial charge is 0.0431 e. The highest BCUT2D eigenvalue weighted by atomic mass is 16.2. The Morgan fingerprint density at radius 1 is 1.15 bits per heavy atom. The van der Waals surface area contributed by atoms with Crippen LogP contribution in [0, 0.1) is 23.7 Å². The molecule has 1 N–H and O–H groups in total. The average Bonchev–Trinajstić information content (AvgIpc) is 2.72. The highest BCUT2D eigenvalue weighted by Crippen LogP contribution is 2.54. The fourth-order valence-corrected chi connectivity index (χ4v) is 3.80. The first-order chi connectivity index (χ1) is 6.35. The minimum atomic E-state index is 0.394. The van der Waals surface area contributed by atoms with E-state index in [0.717, 1.165) is 30.1 Å². The molecule has 2 fully saturated rings. The molecule has 0 heterocycles. The van der Waals surface area contributed by atoms with E-state index in [4.69, 9.17) is 5.11 Å². The second-order valence-corrected chi connectivity index (χ2v) is 5.03. The quantitative estimate of drug-likeness (QED) is 0.709.